The molecule has 8 heteroatoms. The molecule has 2 aromatic rings. The predicted molar refractivity (Wildman–Crippen MR) is 112 cm³/mol. The number of amides is 1. The van der Waals surface area contributed by atoms with Crippen molar-refractivity contribution in [3.8, 4) is 0 Å². The van der Waals surface area contributed by atoms with Gasteiger partial charge >= 0.3 is 0 Å². The summed E-state index contributed by atoms with van der Waals surface area (Å²) in [5.41, 5.74) is 1.59. The predicted octanol–water partition coefficient (Wildman–Crippen LogP) is 2.68. The highest BCUT2D eigenvalue weighted by Gasteiger charge is 2.21. The van der Waals surface area contributed by atoms with Crippen LogP contribution in [0.2, 0.25) is 5.02 Å². The number of nitrogens with one attached hydrogen (secondary N) is 2. The van der Waals surface area contributed by atoms with E-state index < -0.39 is 10.0 Å². The van der Waals surface area contributed by atoms with Crippen molar-refractivity contribution in [3.63, 3.8) is 0 Å². The number of benzene rings is 2. The average molecular weight is 425 g/mol. The summed E-state index contributed by atoms with van der Waals surface area (Å²) < 4.78 is 26.8. The number of carbonyl (C=O) groups excluding carboxylic acids is 1. The lowest BCUT2D eigenvalue weighted by Crippen LogP contribution is -2.91. The number of hydrogen-bond acceptors (Lipinski definition) is 3. The maximum Gasteiger partial charge on any atom is 0.282 e. The van der Waals surface area contributed by atoms with E-state index in [-0.39, 0.29) is 28.9 Å². The van der Waals surface area contributed by atoms with Crippen LogP contribution in [0.3, 0.4) is 0 Å². The molecule has 0 aromatic heterocycles. The third-order valence-electron chi connectivity index (χ3n) is 4.19. The van der Waals surface area contributed by atoms with Crippen LogP contribution in [0.5, 0.6) is 0 Å². The summed E-state index contributed by atoms with van der Waals surface area (Å²) in [5.74, 6) is -0.162. The smallest absolute Gasteiger partial charge is 0.282 e. The Hall–Kier alpha value is -1.93. The first-order valence-corrected chi connectivity index (χ1v) is 11.0. The topological polar surface area (TPSA) is 91.9 Å². The Morgan fingerprint density at radius 2 is 1.68 bits per heavy atom. The van der Waals surface area contributed by atoms with Gasteiger partial charge in [0.1, 0.15) is 6.04 Å². The lowest BCUT2D eigenvalue weighted by Gasteiger charge is -2.17. The number of hydrogen-bond donors (Lipinski definition) is 3. The highest BCUT2D eigenvalue weighted by atomic mass is 35.5. The maximum atomic E-state index is 12.5. The fraction of sp³-hybridized carbons (Fsp3) is 0.350. The summed E-state index contributed by atoms with van der Waals surface area (Å²) in [6.45, 7) is 7.35. The van der Waals surface area contributed by atoms with Crippen molar-refractivity contribution >= 4 is 33.2 Å². The molecule has 0 saturated heterocycles. The second kappa shape index (κ2) is 9.52. The summed E-state index contributed by atoms with van der Waals surface area (Å²) in [5, 5.41) is 5.43. The quantitative estimate of drug-likeness (QED) is 0.608. The van der Waals surface area contributed by atoms with Crippen LogP contribution in [0, 0.1) is 0 Å². The van der Waals surface area contributed by atoms with Crippen LogP contribution >= 0.6 is 11.6 Å². The zero-order valence-electron chi connectivity index (χ0n) is 16.4. The Balaban J connectivity index is 1.98. The van der Waals surface area contributed by atoms with Gasteiger partial charge in [0.2, 0.25) is 10.0 Å². The Morgan fingerprint density at radius 1 is 1.04 bits per heavy atom. The van der Waals surface area contributed by atoms with Crippen molar-refractivity contribution in [3.05, 3.63) is 59.1 Å². The van der Waals surface area contributed by atoms with Crippen LogP contribution < -0.4 is 15.4 Å². The van der Waals surface area contributed by atoms with E-state index in [1.807, 2.05) is 43.4 Å². The molecular weight excluding hydrogens is 398 g/mol. The Labute approximate surface area is 171 Å². The molecule has 0 bridgehead atoms. The normalized spacial score (nSPS) is 13.9. The van der Waals surface area contributed by atoms with Crippen molar-refractivity contribution in [1.29, 1.82) is 0 Å². The summed E-state index contributed by atoms with van der Waals surface area (Å²) in [6.07, 6.45) is 0. The second-order valence-corrected chi connectivity index (χ2v) is 9.26. The van der Waals surface area contributed by atoms with Gasteiger partial charge in [-0.3, -0.25) is 4.79 Å². The molecule has 0 unspecified atom stereocenters. The standard InChI is InChI=1S/C20H26ClN3O3S/c1-13(2)24-28(26,27)19-10-8-18(9-11-19)23-20(25)15(4)22-14(3)16-6-5-7-17(21)12-16/h5-15,22,24H,1-4H3,(H,23,25)/p+1/t14-,15-/m1/s1. The Bertz CT molecular complexity index is 915. The zero-order chi connectivity index (χ0) is 20.9. The van der Waals surface area contributed by atoms with Crippen LogP contribution in [0.4, 0.5) is 5.69 Å². The molecule has 0 heterocycles. The minimum atomic E-state index is -3.55. The highest BCUT2D eigenvalue weighted by Crippen LogP contribution is 2.16. The van der Waals surface area contributed by atoms with E-state index >= 15 is 0 Å². The molecule has 2 atom stereocenters. The Morgan fingerprint density at radius 3 is 2.25 bits per heavy atom. The monoisotopic (exact) mass is 424 g/mol. The number of halogens is 1. The van der Waals surface area contributed by atoms with Crippen LogP contribution in [0.1, 0.15) is 39.3 Å². The van der Waals surface area contributed by atoms with Gasteiger partial charge in [0.05, 0.1) is 4.90 Å². The van der Waals surface area contributed by atoms with E-state index in [1.54, 1.807) is 26.0 Å². The summed E-state index contributed by atoms with van der Waals surface area (Å²) in [7, 11) is -3.55. The largest absolute Gasteiger partial charge is 0.330 e. The van der Waals surface area contributed by atoms with Crippen molar-refractivity contribution in [1.82, 2.24) is 4.72 Å². The summed E-state index contributed by atoms with van der Waals surface area (Å²) in [6, 6.07) is 13.2. The molecular formula is C20H27ClN3O3S+. The molecule has 2 aromatic carbocycles. The lowest BCUT2D eigenvalue weighted by molar-refractivity contribution is -0.709. The van der Waals surface area contributed by atoms with Crippen LogP contribution in [-0.4, -0.2) is 26.4 Å². The molecule has 0 saturated carbocycles. The first-order valence-electron chi connectivity index (χ1n) is 9.12. The zero-order valence-corrected chi connectivity index (χ0v) is 18.0. The molecule has 28 heavy (non-hydrogen) atoms. The third kappa shape index (κ3) is 6.31. The summed E-state index contributed by atoms with van der Waals surface area (Å²) in [4.78, 5) is 12.6. The van der Waals surface area contributed by atoms with Crippen LogP contribution in [0.15, 0.2) is 53.4 Å². The fourth-order valence-corrected chi connectivity index (χ4v) is 4.22. The molecule has 6 nitrogen and oxygen atoms in total. The van der Waals surface area contributed by atoms with E-state index in [0.29, 0.717) is 10.7 Å². The van der Waals surface area contributed by atoms with E-state index in [2.05, 4.69) is 10.0 Å². The number of sulfonamides is 1. The minimum absolute atomic E-state index is 0.0640. The second-order valence-electron chi connectivity index (χ2n) is 7.11. The Kier molecular flexibility index (Phi) is 7.60. The van der Waals surface area contributed by atoms with Crippen LogP contribution in [-0.2, 0) is 14.8 Å². The van der Waals surface area contributed by atoms with Gasteiger partial charge in [-0.05, 0) is 64.1 Å². The highest BCUT2D eigenvalue weighted by molar-refractivity contribution is 7.89. The maximum absolute atomic E-state index is 12.5. The van der Waals surface area contributed by atoms with E-state index in [4.69, 9.17) is 11.6 Å². The first-order chi connectivity index (χ1) is 13.1. The molecule has 152 valence electrons. The molecule has 1 amide bonds. The molecule has 0 aliphatic heterocycles. The molecule has 0 aliphatic rings. The first kappa shape index (κ1) is 22.4. The number of carbonyl (C=O) groups is 1. The van der Waals surface area contributed by atoms with Gasteiger partial charge in [-0.1, -0.05) is 23.7 Å². The van der Waals surface area contributed by atoms with Crippen molar-refractivity contribution in [2.45, 2.75) is 50.7 Å². The van der Waals surface area contributed by atoms with Gasteiger partial charge in [0.25, 0.3) is 5.91 Å². The van der Waals surface area contributed by atoms with Gasteiger partial charge < -0.3 is 10.6 Å². The number of anilines is 1. The molecule has 0 aliphatic carbocycles. The average Bonchev–Trinajstić information content (AvgIpc) is 2.61. The molecule has 4 N–H and O–H groups in total. The van der Waals surface area contributed by atoms with Gasteiger partial charge in [-0.15, -0.1) is 0 Å². The van der Waals surface area contributed by atoms with E-state index in [9.17, 15) is 13.2 Å². The van der Waals surface area contributed by atoms with Gasteiger partial charge in [-0.2, -0.15) is 0 Å². The molecule has 0 radical (unpaired) electrons. The SMILES string of the molecule is CC(C)NS(=O)(=O)c1ccc(NC(=O)[C@@H](C)[NH2+][C@H](C)c2cccc(Cl)c2)cc1. The summed E-state index contributed by atoms with van der Waals surface area (Å²) >= 11 is 6.03. The van der Waals surface area contributed by atoms with Gasteiger partial charge in [-0.25, -0.2) is 13.1 Å². The minimum Gasteiger partial charge on any atom is -0.330 e. The van der Waals surface area contributed by atoms with Gasteiger partial charge in [0.15, 0.2) is 6.04 Å². The van der Waals surface area contributed by atoms with E-state index in [0.717, 1.165) is 5.56 Å². The van der Waals surface area contributed by atoms with Crippen molar-refractivity contribution in [2.75, 3.05) is 5.32 Å². The fourth-order valence-electron chi connectivity index (χ4n) is 2.77. The lowest BCUT2D eigenvalue weighted by atomic mass is 10.1. The van der Waals surface area contributed by atoms with Gasteiger partial charge in [0, 0.05) is 22.3 Å². The third-order valence-corrected chi connectivity index (χ3v) is 6.10. The number of rotatable bonds is 8. The molecule has 0 fully saturated rings. The molecule has 0 spiro atoms. The van der Waals surface area contributed by atoms with Crippen molar-refractivity contribution in [2.24, 2.45) is 0 Å². The number of quaternary nitrogens is 1. The van der Waals surface area contributed by atoms with Crippen LogP contribution in [0.25, 0.3) is 0 Å². The molecule has 2 rings (SSSR count). The number of nitrogens with two attached hydrogens (primary N) is 1. The van der Waals surface area contributed by atoms with Crippen molar-refractivity contribution < 1.29 is 18.5 Å². The van der Waals surface area contributed by atoms with E-state index in [1.165, 1.54) is 12.1 Å².